The summed E-state index contributed by atoms with van der Waals surface area (Å²) in [5.74, 6) is 0. The lowest BCUT2D eigenvalue weighted by molar-refractivity contribution is 0.314. The van der Waals surface area contributed by atoms with Crippen LogP contribution >= 0.6 is 0 Å². The quantitative estimate of drug-likeness (QED) is 0.568. The maximum absolute atomic E-state index is 3.59. The number of hydrogen-bond acceptors (Lipinski definition) is 1. The topological polar surface area (TPSA) is 12.0 Å². The summed E-state index contributed by atoms with van der Waals surface area (Å²) in [6.07, 6.45) is 8.09. The van der Waals surface area contributed by atoms with E-state index in [-0.39, 0.29) is 0 Å². The molecular weight excluding hydrogens is 158 g/mol. The van der Waals surface area contributed by atoms with Crippen LogP contribution in [0.5, 0.6) is 0 Å². The minimum atomic E-state index is 0.391. The van der Waals surface area contributed by atoms with Gasteiger partial charge in [0.2, 0.25) is 0 Å². The number of unbranched alkanes of at least 4 members (excludes halogenated alkanes) is 3. The van der Waals surface area contributed by atoms with E-state index in [0.717, 1.165) is 6.54 Å². The van der Waals surface area contributed by atoms with Gasteiger partial charge in [0.1, 0.15) is 0 Å². The molecule has 1 atom stereocenters. The Hall–Kier alpha value is -0.0400. The first-order chi connectivity index (χ1) is 6.18. The molecule has 1 unspecified atom stereocenters. The van der Waals surface area contributed by atoms with Crippen molar-refractivity contribution in [2.45, 2.75) is 71.8 Å². The lowest BCUT2D eigenvalue weighted by Gasteiger charge is -2.29. The van der Waals surface area contributed by atoms with E-state index in [0.29, 0.717) is 5.54 Å². The van der Waals surface area contributed by atoms with Crippen molar-refractivity contribution in [1.82, 2.24) is 5.32 Å². The van der Waals surface area contributed by atoms with Crippen molar-refractivity contribution in [3.05, 3.63) is 0 Å². The molecule has 0 fully saturated rings. The molecule has 0 radical (unpaired) electrons. The SMILES string of the molecule is CCCCCCC(C)(CC)NCC. The van der Waals surface area contributed by atoms with Crippen LogP contribution in [0.4, 0.5) is 0 Å². The molecular formula is C12H27N. The monoisotopic (exact) mass is 185 g/mol. The molecule has 80 valence electrons. The van der Waals surface area contributed by atoms with Gasteiger partial charge in [0.15, 0.2) is 0 Å². The molecule has 1 heteroatoms. The molecule has 0 aliphatic heterocycles. The first kappa shape index (κ1) is 13.0. The third kappa shape index (κ3) is 6.09. The van der Waals surface area contributed by atoms with E-state index in [1.54, 1.807) is 0 Å². The fourth-order valence-corrected chi connectivity index (χ4v) is 1.76. The van der Waals surface area contributed by atoms with E-state index in [2.05, 4.69) is 33.0 Å². The van der Waals surface area contributed by atoms with E-state index >= 15 is 0 Å². The number of hydrogen-bond donors (Lipinski definition) is 1. The summed E-state index contributed by atoms with van der Waals surface area (Å²) in [5.41, 5.74) is 0.391. The van der Waals surface area contributed by atoms with Gasteiger partial charge in [0, 0.05) is 5.54 Å². The number of rotatable bonds is 8. The molecule has 0 aromatic heterocycles. The summed E-state index contributed by atoms with van der Waals surface area (Å²) in [4.78, 5) is 0. The van der Waals surface area contributed by atoms with Gasteiger partial charge in [-0.15, -0.1) is 0 Å². The van der Waals surface area contributed by atoms with Crippen LogP contribution in [0.1, 0.15) is 66.2 Å². The molecule has 0 bridgehead atoms. The molecule has 0 rings (SSSR count). The second kappa shape index (κ2) is 7.37. The predicted molar refractivity (Wildman–Crippen MR) is 61.1 cm³/mol. The Morgan fingerprint density at radius 1 is 1.00 bits per heavy atom. The fourth-order valence-electron chi connectivity index (χ4n) is 1.76. The van der Waals surface area contributed by atoms with Crippen LogP contribution in [-0.4, -0.2) is 12.1 Å². The zero-order valence-electron chi connectivity index (χ0n) is 9.95. The minimum Gasteiger partial charge on any atom is -0.312 e. The second-order valence-corrected chi connectivity index (χ2v) is 4.26. The first-order valence-electron chi connectivity index (χ1n) is 5.93. The maximum Gasteiger partial charge on any atom is 0.0150 e. The largest absolute Gasteiger partial charge is 0.312 e. The minimum absolute atomic E-state index is 0.391. The summed E-state index contributed by atoms with van der Waals surface area (Å²) in [6, 6.07) is 0. The highest BCUT2D eigenvalue weighted by Gasteiger charge is 2.18. The molecule has 0 amide bonds. The van der Waals surface area contributed by atoms with Gasteiger partial charge in [-0.1, -0.05) is 46.5 Å². The Morgan fingerprint density at radius 3 is 2.15 bits per heavy atom. The highest BCUT2D eigenvalue weighted by Crippen LogP contribution is 2.18. The van der Waals surface area contributed by atoms with E-state index in [1.165, 1.54) is 38.5 Å². The highest BCUT2D eigenvalue weighted by molar-refractivity contribution is 4.80. The van der Waals surface area contributed by atoms with Crippen molar-refractivity contribution in [3.8, 4) is 0 Å². The zero-order chi connectivity index (χ0) is 10.2. The van der Waals surface area contributed by atoms with Gasteiger partial charge in [0.25, 0.3) is 0 Å². The normalized spacial score (nSPS) is 15.7. The summed E-state index contributed by atoms with van der Waals surface area (Å²) >= 11 is 0. The number of nitrogens with one attached hydrogen (secondary N) is 1. The molecule has 0 saturated carbocycles. The van der Waals surface area contributed by atoms with Crippen LogP contribution in [0, 0.1) is 0 Å². The fraction of sp³-hybridized carbons (Fsp3) is 1.00. The van der Waals surface area contributed by atoms with Crippen LogP contribution in [-0.2, 0) is 0 Å². The van der Waals surface area contributed by atoms with Gasteiger partial charge in [-0.05, 0) is 26.3 Å². The van der Waals surface area contributed by atoms with Gasteiger partial charge in [0.05, 0.1) is 0 Å². The molecule has 1 N–H and O–H groups in total. The van der Waals surface area contributed by atoms with Crippen molar-refractivity contribution in [2.75, 3.05) is 6.54 Å². The van der Waals surface area contributed by atoms with Crippen molar-refractivity contribution in [1.29, 1.82) is 0 Å². The molecule has 0 aliphatic carbocycles. The van der Waals surface area contributed by atoms with Crippen LogP contribution in [0.15, 0.2) is 0 Å². The average Bonchev–Trinajstić information content (AvgIpc) is 2.13. The Labute approximate surface area is 84.3 Å². The molecule has 0 saturated heterocycles. The van der Waals surface area contributed by atoms with Crippen LogP contribution in [0.2, 0.25) is 0 Å². The standard InChI is InChI=1S/C12H27N/c1-5-8-9-10-11-12(4,6-2)13-7-3/h13H,5-11H2,1-4H3. The van der Waals surface area contributed by atoms with E-state index in [4.69, 9.17) is 0 Å². The molecule has 0 aromatic carbocycles. The smallest absolute Gasteiger partial charge is 0.0150 e. The molecule has 0 aromatic rings. The van der Waals surface area contributed by atoms with E-state index in [1.807, 2.05) is 0 Å². The molecule has 0 spiro atoms. The predicted octanol–water partition coefficient (Wildman–Crippen LogP) is 3.74. The van der Waals surface area contributed by atoms with Gasteiger partial charge in [-0.3, -0.25) is 0 Å². The molecule has 1 nitrogen and oxygen atoms in total. The third-order valence-corrected chi connectivity index (χ3v) is 2.97. The summed E-state index contributed by atoms with van der Waals surface area (Å²) in [5, 5.41) is 3.59. The van der Waals surface area contributed by atoms with E-state index in [9.17, 15) is 0 Å². The molecule has 0 aliphatic rings. The van der Waals surface area contributed by atoms with Gasteiger partial charge in [-0.2, -0.15) is 0 Å². The average molecular weight is 185 g/mol. The van der Waals surface area contributed by atoms with Gasteiger partial charge < -0.3 is 5.32 Å². The second-order valence-electron chi connectivity index (χ2n) is 4.26. The Morgan fingerprint density at radius 2 is 1.69 bits per heavy atom. The van der Waals surface area contributed by atoms with Crippen molar-refractivity contribution < 1.29 is 0 Å². The van der Waals surface area contributed by atoms with Crippen LogP contribution in [0.3, 0.4) is 0 Å². The summed E-state index contributed by atoms with van der Waals surface area (Å²) in [7, 11) is 0. The summed E-state index contributed by atoms with van der Waals surface area (Å²) in [6.45, 7) is 10.2. The van der Waals surface area contributed by atoms with Gasteiger partial charge in [-0.25, -0.2) is 0 Å². The lowest BCUT2D eigenvalue weighted by atomic mass is 9.91. The van der Waals surface area contributed by atoms with Crippen LogP contribution in [0.25, 0.3) is 0 Å². The lowest BCUT2D eigenvalue weighted by Crippen LogP contribution is -2.41. The molecule has 0 heterocycles. The summed E-state index contributed by atoms with van der Waals surface area (Å²) < 4.78 is 0. The Bertz CT molecular complexity index is 112. The Kier molecular flexibility index (Phi) is 7.35. The van der Waals surface area contributed by atoms with Crippen molar-refractivity contribution >= 4 is 0 Å². The first-order valence-corrected chi connectivity index (χ1v) is 5.93. The Balaban J connectivity index is 3.57. The van der Waals surface area contributed by atoms with Crippen molar-refractivity contribution in [2.24, 2.45) is 0 Å². The highest BCUT2D eigenvalue weighted by atomic mass is 14.9. The third-order valence-electron chi connectivity index (χ3n) is 2.97. The molecule has 13 heavy (non-hydrogen) atoms. The van der Waals surface area contributed by atoms with E-state index < -0.39 is 0 Å². The maximum atomic E-state index is 3.59. The van der Waals surface area contributed by atoms with Gasteiger partial charge >= 0.3 is 0 Å². The zero-order valence-corrected chi connectivity index (χ0v) is 9.95. The van der Waals surface area contributed by atoms with Crippen LogP contribution < -0.4 is 5.32 Å². The van der Waals surface area contributed by atoms with Crippen molar-refractivity contribution in [3.63, 3.8) is 0 Å².